The summed E-state index contributed by atoms with van der Waals surface area (Å²) in [6.45, 7) is 7.25. The summed E-state index contributed by atoms with van der Waals surface area (Å²) in [4.78, 5) is 72.7. The number of aliphatic hydroxyl groups is 1. The van der Waals surface area contributed by atoms with Crippen molar-refractivity contribution in [2.24, 2.45) is 5.92 Å². The van der Waals surface area contributed by atoms with E-state index in [0.29, 0.717) is 25.7 Å². The lowest BCUT2D eigenvalue weighted by Gasteiger charge is -2.21. The van der Waals surface area contributed by atoms with Crippen molar-refractivity contribution in [1.29, 1.82) is 0 Å². The Bertz CT molecular complexity index is 1910. The van der Waals surface area contributed by atoms with E-state index in [9.17, 15) is 43.2 Å². The van der Waals surface area contributed by atoms with Gasteiger partial charge in [0.05, 0.1) is 26.4 Å². The number of carbonyl (C=O) groups is 4. The first-order valence-corrected chi connectivity index (χ1v) is 45.1. The van der Waals surface area contributed by atoms with Gasteiger partial charge in [-0.2, -0.15) is 0 Å². The lowest BCUT2D eigenvalue weighted by Crippen LogP contribution is -2.30. The van der Waals surface area contributed by atoms with E-state index in [-0.39, 0.29) is 25.7 Å². The Labute approximate surface area is 613 Å². The Morgan fingerprint density at radius 3 is 0.680 bits per heavy atom. The fourth-order valence-corrected chi connectivity index (χ4v) is 14.2. The molecule has 0 saturated carbocycles. The molecule has 100 heavy (non-hydrogen) atoms. The first-order chi connectivity index (χ1) is 48.5. The highest BCUT2D eigenvalue weighted by atomic mass is 31.2. The number of hydrogen-bond acceptors (Lipinski definition) is 15. The van der Waals surface area contributed by atoms with Gasteiger partial charge in [-0.15, -0.1) is 0 Å². The molecular formula is C81H158O17P2. The van der Waals surface area contributed by atoms with Crippen LogP contribution in [0.25, 0.3) is 0 Å². The summed E-state index contributed by atoms with van der Waals surface area (Å²) < 4.78 is 68.5. The van der Waals surface area contributed by atoms with E-state index in [1.54, 1.807) is 0 Å². The van der Waals surface area contributed by atoms with Crippen molar-refractivity contribution >= 4 is 39.5 Å². The van der Waals surface area contributed by atoms with Crippen LogP contribution in [-0.4, -0.2) is 96.7 Å². The number of hydrogen-bond donors (Lipinski definition) is 3. The van der Waals surface area contributed by atoms with Gasteiger partial charge in [0.2, 0.25) is 0 Å². The maximum Gasteiger partial charge on any atom is 0.472 e. The van der Waals surface area contributed by atoms with Crippen LogP contribution in [0.3, 0.4) is 0 Å². The van der Waals surface area contributed by atoms with E-state index in [4.69, 9.17) is 37.0 Å². The van der Waals surface area contributed by atoms with E-state index < -0.39 is 97.5 Å². The summed E-state index contributed by atoms with van der Waals surface area (Å²) >= 11 is 0. The summed E-state index contributed by atoms with van der Waals surface area (Å²) in [5, 5.41) is 10.6. The topological polar surface area (TPSA) is 237 Å². The van der Waals surface area contributed by atoms with Gasteiger partial charge in [-0.1, -0.05) is 381 Å². The Kier molecular flexibility index (Phi) is 72.5. The van der Waals surface area contributed by atoms with Crippen molar-refractivity contribution in [3.05, 3.63) is 0 Å². The maximum atomic E-state index is 13.1. The molecule has 0 aliphatic carbocycles. The molecule has 0 fully saturated rings. The Hall–Kier alpha value is -1.94. The van der Waals surface area contributed by atoms with Crippen LogP contribution >= 0.6 is 15.6 Å². The predicted molar refractivity (Wildman–Crippen MR) is 409 cm³/mol. The molecule has 0 bridgehead atoms. The van der Waals surface area contributed by atoms with E-state index >= 15 is 0 Å². The zero-order valence-corrected chi connectivity index (χ0v) is 67.1. The third kappa shape index (κ3) is 74.3. The first kappa shape index (κ1) is 98.1. The van der Waals surface area contributed by atoms with Crippen LogP contribution in [0.15, 0.2) is 0 Å². The molecule has 0 amide bonds. The van der Waals surface area contributed by atoms with Crippen molar-refractivity contribution in [2.45, 2.75) is 451 Å². The van der Waals surface area contributed by atoms with Gasteiger partial charge >= 0.3 is 39.5 Å². The monoisotopic (exact) mass is 1470 g/mol. The number of aliphatic hydroxyl groups excluding tert-OH is 1. The summed E-state index contributed by atoms with van der Waals surface area (Å²) in [6.07, 6.45) is 65.8. The number of carbonyl (C=O) groups excluding carboxylic acids is 4. The minimum atomic E-state index is -4.96. The van der Waals surface area contributed by atoms with Crippen molar-refractivity contribution in [2.75, 3.05) is 39.6 Å². The van der Waals surface area contributed by atoms with E-state index in [2.05, 4.69) is 34.6 Å². The zero-order chi connectivity index (χ0) is 73.4. The smallest absolute Gasteiger partial charge is 0.462 e. The van der Waals surface area contributed by atoms with Gasteiger partial charge < -0.3 is 33.8 Å². The fraction of sp³-hybridized carbons (Fsp3) is 0.951. The van der Waals surface area contributed by atoms with E-state index in [0.717, 1.165) is 102 Å². The summed E-state index contributed by atoms with van der Waals surface area (Å²) in [5.74, 6) is -1.33. The molecule has 17 nitrogen and oxygen atoms in total. The van der Waals surface area contributed by atoms with Crippen LogP contribution in [-0.2, 0) is 65.4 Å². The summed E-state index contributed by atoms with van der Waals surface area (Å²) in [5.41, 5.74) is 0. The number of phosphoric ester groups is 2. The maximum absolute atomic E-state index is 13.1. The number of ether oxygens (including phenoxy) is 4. The molecule has 5 atom stereocenters. The van der Waals surface area contributed by atoms with Crippen LogP contribution in [0.5, 0.6) is 0 Å². The summed E-state index contributed by atoms with van der Waals surface area (Å²) in [7, 11) is -9.91. The fourth-order valence-electron chi connectivity index (χ4n) is 12.6. The van der Waals surface area contributed by atoms with Crippen LogP contribution in [0, 0.1) is 5.92 Å². The molecule has 594 valence electrons. The normalized spacial score (nSPS) is 13.8. The van der Waals surface area contributed by atoms with Gasteiger partial charge in [0.15, 0.2) is 12.2 Å². The second-order valence-corrected chi connectivity index (χ2v) is 32.5. The molecule has 0 saturated heterocycles. The van der Waals surface area contributed by atoms with Crippen molar-refractivity contribution in [3.8, 4) is 0 Å². The minimum absolute atomic E-state index is 0.107. The SMILES string of the molecule is CCCCCCCCCCCCCCCCCCCCCCC(=O)O[C@H](COC(=O)CCCCCCCCCCCCCCCCCCCCC)COP(=O)(O)OC[C@@H](O)COP(=O)(O)OC[C@@H](COC(=O)CCCCCCC)OC(=O)CCCCCCCCCCCCCCCC(C)C. The van der Waals surface area contributed by atoms with Gasteiger partial charge in [0.1, 0.15) is 19.3 Å². The van der Waals surface area contributed by atoms with Crippen molar-refractivity contribution < 1.29 is 80.2 Å². The molecule has 19 heteroatoms. The third-order valence-corrected chi connectivity index (χ3v) is 20.9. The molecule has 0 spiro atoms. The minimum Gasteiger partial charge on any atom is -0.462 e. The Morgan fingerprint density at radius 1 is 0.270 bits per heavy atom. The number of esters is 4. The molecular weight excluding hydrogens is 1310 g/mol. The third-order valence-electron chi connectivity index (χ3n) is 19.0. The molecule has 0 aliphatic heterocycles. The highest BCUT2D eigenvalue weighted by Gasteiger charge is 2.30. The highest BCUT2D eigenvalue weighted by molar-refractivity contribution is 7.47. The molecule has 0 heterocycles. The van der Waals surface area contributed by atoms with Gasteiger partial charge in [0, 0.05) is 25.7 Å². The molecule has 0 aromatic heterocycles. The van der Waals surface area contributed by atoms with Crippen LogP contribution in [0.2, 0.25) is 0 Å². The number of phosphoric acid groups is 2. The van der Waals surface area contributed by atoms with Gasteiger partial charge in [0.25, 0.3) is 0 Å². The molecule has 0 rings (SSSR count). The zero-order valence-electron chi connectivity index (χ0n) is 65.3. The average molecular weight is 1470 g/mol. The second kappa shape index (κ2) is 73.9. The Balaban J connectivity index is 5.12. The lowest BCUT2D eigenvalue weighted by atomic mass is 10.0. The van der Waals surface area contributed by atoms with Crippen LogP contribution in [0.1, 0.15) is 433 Å². The van der Waals surface area contributed by atoms with Crippen LogP contribution < -0.4 is 0 Å². The van der Waals surface area contributed by atoms with Crippen LogP contribution in [0.4, 0.5) is 0 Å². The lowest BCUT2D eigenvalue weighted by molar-refractivity contribution is -0.161. The summed E-state index contributed by atoms with van der Waals surface area (Å²) in [6, 6.07) is 0. The van der Waals surface area contributed by atoms with Gasteiger partial charge in [-0.25, -0.2) is 9.13 Å². The molecule has 0 aromatic rings. The molecule has 0 radical (unpaired) electrons. The highest BCUT2D eigenvalue weighted by Crippen LogP contribution is 2.45. The quantitative estimate of drug-likeness (QED) is 0.0222. The standard InChI is InChI=1S/C81H158O17P2/c1-6-9-12-15-17-19-21-23-25-27-29-31-33-35-39-43-47-51-56-61-67-81(86)98-77(71-92-79(84)65-60-55-50-46-42-38-34-32-30-28-26-24-22-20-18-16-13-10-7-2)73-96-100(89,90)94-69-75(82)68-93-99(87,88)95-72-76(70-91-78(83)64-59-53-14-11-8-3)97-80(85)66-62-57-52-48-44-40-36-37-41-45-49-54-58-63-74(4)5/h74-77,82H,6-73H2,1-5H3,(H,87,88)(H,89,90)/t75-,76+,77+/m0/s1. The molecule has 0 aromatic carbocycles. The first-order valence-electron chi connectivity index (χ1n) is 42.1. The van der Waals surface area contributed by atoms with Gasteiger partial charge in [-0.3, -0.25) is 37.3 Å². The largest absolute Gasteiger partial charge is 0.472 e. The number of unbranched alkanes of at least 4 members (excludes halogenated alkanes) is 53. The van der Waals surface area contributed by atoms with Crippen molar-refractivity contribution in [1.82, 2.24) is 0 Å². The predicted octanol–water partition coefficient (Wildman–Crippen LogP) is 24.4. The molecule has 2 unspecified atom stereocenters. The average Bonchev–Trinajstić information content (AvgIpc) is 0.917. The molecule has 3 N–H and O–H groups in total. The van der Waals surface area contributed by atoms with Gasteiger partial charge in [-0.05, 0) is 31.6 Å². The van der Waals surface area contributed by atoms with E-state index in [1.165, 1.54) is 250 Å². The number of rotatable bonds is 81. The second-order valence-electron chi connectivity index (χ2n) is 29.6. The van der Waals surface area contributed by atoms with Crippen molar-refractivity contribution in [3.63, 3.8) is 0 Å². The van der Waals surface area contributed by atoms with E-state index in [1.807, 2.05) is 0 Å². The Morgan fingerprint density at radius 2 is 0.460 bits per heavy atom. The molecule has 0 aliphatic rings.